The molecule has 1 saturated carbocycles. The number of aliphatic hydroxyl groups excluding tert-OH is 1. The molecule has 0 unspecified atom stereocenters. The zero-order chi connectivity index (χ0) is 27.5. The number of benzene rings is 2. The van der Waals surface area contributed by atoms with E-state index in [-0.39, 0.29) is 18.7 Å². The number of carbonyl (C=O) groups is 1. The van der Waals surface area contributed by atoms with E-state index in [0.717, 1.165) is 37.2 Å². The Hall–Kier alpha value is -3.86. The second-order valence-electron chi connectivity index (χ2n) is 10.2. The average molecular weight is 563 g/mol. The number of rotatable bonds is 10. The maximum absolute atomic E-state index is 12.0. The Morgan fingerprint density at radius 1 is 1.10 bits per heavy atom. The number of anilines is 1. The van der Waals surface area contributed by atoms with E-state index in [1.165, 1.54) is 19.2 Å². The van der Waals surface area contributed by atoms with Crippen LogP contribution in [-0.2, 0) is 0 Å². The van der Waals surface area contributed by atoms with Gasteiger partial charge in [-0.25, -0.2) is 14.8 Å². The molecule has 10 nitrogen and oxygen atoms in total. The zero-order valence-electron chi connectivity index (χ0n) is 21.9. The molecule has 2 aromatic heterocycles. The zero-order valence-corrected chi connectivity index (χ0v) is 22.7. The van der Waals surface area contributed by atoms with E-state index in [9.17, 15) is 9.90 Å². The molecular formula is C29H31ClN6O4. The number of nitrogens with one attached hydrogen (secondary N) is 3. The van der Waals surface area contributed by atoms with Crippen LogP contribution in [0, 0.1) is 0 Å². The first-order valence-corrected chi connectivity index (χ1v) is 13.9. The average Bonchev–Trinajstić information content (AvgIpc) is 3.41. The number of fused-ring (bicyclic) bond motifs is 1. The monoisotopic (exact) mass is 562 g/mol. The number of carbonyl (C=O) groups excluding carboxylic acids is 1. The highest BCUT2D eigenvalue weighted by Gasteiger charge is 2.23. The molecule has 4 aromatic rings. The Kier molecular flexibility index (Phi) is 7.72. The van der Waals surface area contributed by atoms with Crippen LogP contribution in [0.4, 0.5) is 10.5 Å². The largest absolute Gasteiger partial charge is 0.491 e. The fourth-order valence-electron chi connectivity index (χ4n) is 4.74. The molecule has 1 atom stereocenters. The number of nitrogens with zero attached hydrogens (tertiary/aromatic N) is 3. The van der Waals surface area contributed by atoms with Gasteiger partial charge in [0.2, 0.25) is 5.88 Å². The normalized spacial score (nSPS) is 16.1. The van der Waals surface area contributed by atoms with Crippen molar-refractivity contribution in [1.82, 2.24) is 25.2 Å². The van der Waals surface area contributed by atoms with Crippen LogP contribution < -0.4 is 20.1 Å². The van der Waals surface area contributed by atoms with Gasteiger partial charge >= 0.3 is 6.03 Å². The standard InChI is InChI=1S/C29H31ClN6O4/c30-24-13-22(9-10-25(24)35-29(38)33-19-5-6-19)40-28-23-14-26(34-27(23)31-17-32-28)18-3-7-21(8-4-18)39-16-20(37)15-36-11-1-2-12-36/h3-4,7-10,13-14,17,19-20,37H,1-2,5-6,11-12,15-16H2,(H,31,32,34)(H2,33,35,38)/t20-/m1/s1. The quantitative estimate of drug-likeness (QED) is 0.210. The van der Waals surface area contributed by atoms with E-state index in [1.807, 2.05) is 30.3 Å². The molecule has 4 N–H and O–H groups in total. The predicted octanol–water partition coefficient (Wildman–Crippen LogP) is 5.19. The molecule has 6 rings (SSSR count). The van der Waals surface area contributed by atoms with Crippen LogP contribution in [0.1, 0.15) is 25.7 Å². The maximum Gasteiger partial charge on any atom is 0.319 e. The van der Waals surface area contributed by atoms with Crippen molar-refractivity contribution in [3.05, 3.63) is 59.9 Å². The van der Waals surface area contributed by atoms with Crippen LogP contribution >= 0.6 is 11.6 Å². The molecule has 1 aliphatic heterocycles. The molecule has 40 heavy (non-hydrogen) atoms. The summed E-state index contributed by atoms with van der Waals surface area (Å²) in [6, 6.07) is 14.6. The summed E-state index contributed by atoms with van der Waals surface area (Å²) in [5.74, 6) is 1.56. The maximum atomic E-state index is 12.0. The number of hydrogen-bond acceptors (Lipinski definition) is 7. The topological polar surface area (TPSA) is 125 Å². The number of β-amino-alcohol motifs (C(OH)–C–C–N with tert-alkyl or cyclic N) is 1. The summed E-state index contributed by atoms with van der Waals surface area (Å²) in [4.78, 5) is 26.3. The summed E-state index contributed by atoms with van der Waals surface area (Å²) >= 11 is 6.40. The van der Waals surface area contributed by atoms with Crippen molar-refractivity contribution in [2.75, 3.05) is 31.6 Å². The first kappa shape index (κ1) is 26.4. The Labute approximate surface area is 236 Å². The molecule has 2 aromatic carbocycles. The number of amides is 2. The summed E-state index contributed by atoms with van der Waals surface area (Å²) in [6.07, 6.45) is 5.32. The lowest BCUT2D eigenvalue weighted by molar-refractivity contribution is 0.0758. The Morgan fingerprint density at radius 3 is 2.62 bits per heavy atom. The van der Waals surface area contributed by atoms with Crippen molar-refractivity contribution in [3.8, 4) is 28.6 Å². The number of aromatic nitrogens is 3. The Morgan fingerprint density at radius 2 is 1.88 bits per heavy atom. The van der Waals surface area contributed by atoms with Gasteiger partial charge < -0.3 is 35.1 Å². The van der Waals surface area contributed by atoms with Crippen LogP contribution in [0.3, 0.4) is 0 Å². The van der Waals surface area contributed by atoms with E-state index in [0.29, 0.717) is 45.7 Å². The highest BCUT2D eigenvalue weighted by molar-refractivity contribution is 6.33. The number of H-pyrrole nitrogens is 1. The van der Waals surface area contributed by atoms with E-state index >= 15 is 0 Å². The summed E-state index contributed by atoms with van der Waals surface area (Å²) < 4.78 is 11.9. The van der Waals surface area contributed by atoms with Crippen molar-refractivity contribution in [2.24, 2.45) is 0 Å². The smallest absolute Gasteiger partial charge is 0.319 e. The molecule has 0 spiro atoms. The van der Waals surface area contributed by atoms with Gasteiger partial charge in [-0.3, -0.25) is 0 Å². The van der Waals surface area contributed by atoms with Gasteiger partial charge in [0, 0.05) is 24.3 Å². The Bertz CT molecular complexity index is 1480. The van der Waals surface area contributed by atoms with E-state index in [1.54, 1.807) is 18.2 Å². The third-order valence-corrected chi connectivity index (χ3v) is 7.29. The van der Waals surface area contributed by atoms with Gasteiger partial charge in [0.15, 0.2) is 0 Å². The van der Waals surface area contributed by atoms with Crippen LogP contribution in [-0.4, -0.2) is 69.4 Å². The molecule has 0 radical (unpaired) electrons. The lowest BCUT2D eigenvalue weighted by Gasteiger charge is -2.19. The highest BCUT2D eigenvalue weighted by atomic mass is 35.5. The minimum atomic E-state index is -0.516. The number of likely N-dealkylation sites (tertiary alicyclic amines) is 1. The number of urea groups is 1. The fourth-order valence-corrected chi connectivity index (χ4v) is 4.95. The van der Waals surface area contributed by atoms with Gasteiger partial charge in [0.05, 0.1) is 16.1 Å². The van der Waals surface area contributed by atoms with Crippen LogP contribution in [0.2, 0.25) is 5.02 Å². The number of aromatic amines is 1. The minimum absolute atomic E-state index is 0.252. The predicted molar refractivity (Wildman–Crippen MR) is 153 cm³/mol. The number of ether oxygens (including phenoxy) is 2. The van der Waals surface area contributed by atoms with Gasteiger partial charge in [-0.15, -0.1) is 0 Å². The molecule has 3 heterocycles. The van der Waals surface area contributed by atoms with Crippen LogP contribution in [0.15, 0.2) is 54.9 Å². The van der Waals surface area contributed by atoms with Gasteiger partial charge in [0.1, 0.15) is 36.2 Å². The number of halogens is 1. The summed E-state index contributed by atoms with van der Waals surface area (Å²) in [6.45, 7) is 2.99. The van der Waals surface area contributed by atoms with Gasteiger partial charge in [-0.05, 0) is 86.8 Å². The van der Waals surface area contributed by atoms with Crippen molar-refractivity contribution >= 4 is 34.4 Å². The molecule has 2 amide bonds. The highest BCUT2D eigenvalue weighted by Crippen LogP contribution is 2.34. The first-order chi connectivity index (χ1) is 19.5. The van der Waals surface area contributed by atoms with Crippen LogP contribution in [0.5, 0.6) is 17.4 Å². The summed E-state index contributed by atoms with van der Waals surface area (Å²) in [5.41, 5.74) is 2.92. The molecule has 0 bridgehead atoms. The molecular weight excluding hydrogens is 532 g/mol. The van der Waals surface area contributed by atoms with Crippen molar-refractivity contribution < 1.29 is 19.4 Å². The van der Waals surface area contributed by atoms with Gasteiger partial charge in [-0.2, -0.15) is 0 Å². The van der Waals surface area contributed by atoms with Gasteiger partial charge in [-0.1, -0.05) is 11.6 Å². The van der Waals surface area contributed by atoms with E-state index in [4.69, 9.17) is 21.1 Å². The number of aliphatic hydroxyl groups is 1. The van der Waals surface area contributed by atoms with Crippen molar-refractivity contribution in [1.29, 1.82) is 0 Å². The molecule has 11 heteroatoms. The van der Waals surface area contributed by atoms with Crippen LogP contribution in [0.25, 0.3) is 22.3 Å². The minimum Gasteiger partial charge on any atom is -0.491 e. The SMILES string of the molecule is O=C(Nc1ccc(Oc2ncnc3[nH]c(-c4ccc(OC[C@H](O)CN5CCCC5)cc4)cc23)cc1Cl)NC1CC1. The molecule has 1 aliphatic carbocycles. The van der Waals surface area contributed by atoms with Gasteiger partial charge in [0.25, 0.3) is 0 Å². The molecule has 208 valence electrons. The third-order valence-electron chi connectivity index (χ3n) is 6.98. The summed E-state index contributed by atoms with van der Waals surface area (Å²) in [7, 11) is 0. The fraction of sp³-hybridized carbons (Fsp3) is 0.345. The molecule has 1 saturated heterocycles. The Balaban J connectivity index is 1.10. The molecule has 2 aliphatic rings. The van der Waals surface area contributed by atoms with E-state index < -0.39 is 6.10 Å². The second kappa shape index (κ2) is 11.7. The lowest BCUT2D eigenvalue weighted by Crippen LogP contribution is -2.33. The second-order valence-corrected chi connectivity index (χ2v) is 10.6. The number of hydrogen-bond donors (Lipinski definition) is 4. The van der Waals surface area contributed by atoms with E-state index in [2.05, 4.69) is 30.5 Å². The summed E-state index contributed by atoms with van der Waals surface area (Å²) in [5, 5.41) is 17.0. The molecule has 2 fully saturated rings. The van der Waals surface area contributed by atoms with Crippen molar-refractivity contribution in [2.45, 2.75) is 37.8 Å². The first-order valence-electron chi connectivity index (χ1n) is 13.5. The van der Waals surface area contributed by atoms with Crippen molar-refractivity contribution in [3.63, 3.8) is 0 Å². The lowest BCUT2D eigenvalue weighted by atomic mass is 10.1. The third kappa shape index (κ3) is 6.47.